The van der Waals surface area contributed by atoms with Gasteiger partial charge in [0.1, 0.15) is 5.82 Å². The first kappa shape index (κ1) is 24.2. The molecule has 1 fully saturated rings. The SMILES string of the molecule is Cl.Cl.NC(CC(=O)Nc1ccc(NCC2CCCO2)c(F)c1)c1ccccc1. The second kappa shape index (κ2) is 11.9. The molecule has 0 bridgehead atoms. The van der Waals surface area contributed by atoms with Gasteiger partial charge in [0.25, 0.3) is 0 Å². The van der Waals surface area contributed by atoms with Crippen LogP contribution in [0.4, 0.5) is 15.8 Å². The summed E-state index contributed by atoms with van der Waals surface area (Å²) < 4.78 is 19.7. The molecule has 5 nitrogen and oxygen atoms in total. The van der Waals surface area contributed by atoms with E-state index in [4.69, 9.17) is 10.5 Å². The van der Waals surface area contributed by atoms with E-state index in [9.17, 15) is 9.18 Å². The quantitative estimate of drug-likeness (QED) is 0.613. The normalized spacial score (nSPS) is 16.4. The first-order chi connectivity index (χ1) is 12.6. The predicted molar refractivity (Wildman–Crippen MR) is 115 cm³/mol. The molecule has 0 saturated carbocycles. The van der Waals surface area contributed by atoms with Crippen LogP contribution in [0.3, 0.4) is 0 Å². The number of carbonyl (C=O) groups excluding carboxylic acids is 1. The summed E-state index contributed by atoms with van der Waals surface area (Å²) in [7, 11) is 0. The molecule has 1 heterocycles. The van der Waals surface area contributed by atoms with Gasteiger partial charge < -0.3 is 21.1 Å². The van der Waals surface area contributed by atoms with E-state index in [0.29, 0.717) is 17.9 Å². The first-order valence-electron chi connectivity index (χ1n) is 8.87. The molecule has 1 aliphatic rings. The Morgan fingerprint density at radius 1 is 1.21 bits per heavy atom. The van der Waals surface area contributed by atoms with Crippen LogP contribution in [0.2, 0.25) is 0 Å². The third-order valence-corrected chi connectivity index (χ3v) is 4.43. The van der Waals surface area contributed by atoms with Gasteiger partial charge in [-0.05, 0) is 36.6 Å². The van der Waals surface area contributed by atoms with Gasteiger partial charge in [-0.2, -0.15) is 0 Å². The van der Waals surface area contributed by atoms with Crippen molar-refractivity contribution in [2.24, 2.45) is 5.73 Å². The highest BCUT2D eigenvalue weighted by Crippen LogP contribution is 2.21. The molecule has 154 valence electrons. The summed E-state index contributed by atoms with van der Waals surface area (Å²) in [5, 5.41) is 5.75. The van der Waals surface area contributed by atoms with Gasteiger partial charge in [0.05, 0.1) is 11.8 Å². The predicted octanol–water partition coefficient (Wildman–Crippen LogP) is 4.29. The minimum atomic E-state index is -0.409. The van der Waals surface area contributed by atoms with Crippen molar-refractivity contribution in [1.29, 1.82) is 0 Å². The average molecular weight is 430 g/mol. The highest BCUT2D eigenvalue weighted by molar-refractivity contribution is 5.91. The summed E-state index contributed by atoms with van der Waals surface area (Å²) in [6, 6.07) is 13.6. The van der Waals surface area contributed by atoms with Gasteiger partial charge in [0.2, 0.25) is 5.91 Å². The number of anilines is 2. The van der Waals surface area contributed by atoms with Crippen LogP contribution in [-0.2, 0) is 9.53 Å². The topological polar surface area (TPSA) is 76.4 Å². The number of amides is 1. The summed E-state index contributed by atoms with van der Waals surface area (Å²) >= 11 is 0. The van der Waals surface area contributed by atoms with Crippen molar-refractivity contribution in [2.75, 3.05) is 23.8 Å². The van der Waals surface area contributed by atoms with E-state index in [0.717, 1.165) is 25.0 Å². The van der Waals surface area contributed by atoms with Crippen molar-refractivity contribution < 1.29 is 13.9 Å². The number of nitrogens with one attached hydrogen (secondary N) is 2. The van der Waals surface area contributed by atoms with E-state index >= 15 is 0 Å². The van der Waals surface area contributed by atoms with Crippen molar-refractivity contribution in [1.82, 2.24) is 0 Å². The molecule has 1 amide bonds. The third kappa shape index (κ3) is 6.95. The van der Waals surface area contributed by atoms with Gasteiger partial charge >= 0.3 is 0 Å². The zero-order valence-electron chi connectivity index (χ0n) is 15.4. The molecular formula is C20H26Cl2FN3O2. The Balaban J connectivity index is 0.00000196. The Hall–Kier alpha value is -1.86. The Labute approximate surface area is 177 Å². The van der Waals surface area contributed by atoms with Crippen LogP contribution < -0.4 is 16.4 Å². The average Bonchev–Trinajstić information content (AvgIpc) is 3.15. The Morgan fingerprint density at radius 2 is 1.96 bits per heavy atom. The molecule has 0 aliphatic carbocycles. The lowest BCUT2D eigenvalue weighted by Crippen LogP contribution is -2.21. The molecule has 2 unspecified atom stereocenters. The van der Waals surface area contributed by atoms with E-state index in [1.807, 2.05) is 30.3 Å². The molecule has 28 heavy (non-hydrogen) atoms. The lowest BCUT2D eigenvalue weighted by molar-refractivity contribution is -0.116. The Bertz CT molecular complexity index is 743. The van der Waals surface area contributed by atoms with Gasteiger partial charge in [-0.15, -0.1) is 24.8 Å². The Kier molecular flexibility index (Phi) is 10.2. The molecule has 2 aromatic carbocycles. The Morgan fingerprint density at radius 3 is 2.61 bits per heavy atom. The standard InChI is InChI=1S/C20H24FN3O2.2ClH/c21-17-11-15(8-9-19(17)23-13-16-7-4-10-26-16)24-20(25)12-18(22)14-5-2-1-3-6-14;;/h1-3,5-6,8-9,11,16,18,23H,4,7,10,12-13,22H2,(H,24,25);2*1H. The van der Waals surface area contributed by atoms with Crippen molar-refractivity contribution in [3.05, 3.63) is 59.9 Å². The van der Waals surface area contributed by atoms with Crippen molar-refractivity contribution in [3.8, 4) is 0 Å². The molecular weight excluding hydrogens is 404 g/mol. The van der Waals surface area contributed by atoms with Crippen molar-refractivity contribution in [3.63, 3.8) is 0 Å². The van der Waals surface area contributed by atoms with Crippen LogP contribution in [0, 0.1) is 5.82 Å². The second-order valence-electron chi connectivity index (χ2n) is 6.48. The van der Waals surface area contributed by atoms with E-state index in [2.05, 4.69) is 10.6 Å². The van der Waals surface area contributed by atoms with E-state index in [1.54, 1.807) is 12.1 Å². The van der Waals surface area contributed by atoms with Crippen molar-refractivity contribution >= 4 is 42.1 Å². The maximum atomic E-state index is 14.2. The van der Waals surface area contributed by atoms with Crippen molar-refractivity contribution in [2.45, 2.75) is 31.4 Å². The van der Waals surface area contributed by atoms with Crippen LogP contribution in [-0.4, -0.2) is 25.2 Å². The van der Waals surface area contributed by atoms with Crippen LogP contribution in [0.1, 0.15) is 30.9 Å². The first-order valence-corrected chi connectivity index (χ1v) is 8.87. The van der Waals surface area contributed by atoms with Crippen LogP contribution in [0.5, 0.6) is 0 Å². The second-order valence-corrected chi connectivity index (χ2v) is 6.48. The maximum Gasteiger partial charge on any atom is 0.226 e. The molecule has 1 saturated heterocycles. The number of hydrogen-bond donors (Lipinski definition) is 3. The lowest BCUT2D eigenvalue weighted by atomic mass is 10.0. The zero-order chi connectivity index (χ0) is 18.4. The van der Waals surface area contributed by atoms with Gasteiger partial charge in [0.15, 0.2) is 0 Å². The molecule has 8 heteroatoms. The van der Waals surface area contributed by atoms with Crippen LogP contribution in [0.25, 0.3) is 0 Å². The lowest BCUT2D eigenvalue weighted by Gasteiger charge is -2.14. The number of benzene rings is 2. The van der Waals surface area contributed by atoms with Crippen LogP contribution >= 0.6 is 24.8 Å². The maximum absolute atomic E-state index is 14.2. The molecule has 2 aromatic rings. The number of rotatable bonds is 7. The summed E-state index contributed by atoms with van der Waals surface area (Å²) in [4.78, 5) is 12.1. The monoisotopic (exact) mass is 429 g/mol. The fraction of sp³-hybridized carbons (Fsp3) is 0.350. The largest absolute Gasteiger partial charge is 0.380 e. The summed E-state index contributed by atoms with van der Waals surface area (Å²) in [6.07, 6.45) is 2.30. The number of nitrogens with two attached hydrogens (primary N) is 1. The van der Waals surface area contributed by atoms with E-state index in [-0.39, 0.29) is 43.2 Å². The summed E-state index contributed by atoms with van der Waals surface area (Å²) in [5.74, 6) is -0.658. The van der Waals surface area contributed by atoms with Gasteiger partial charge in [-0.1, -0.05) is 30.3 Å². The highest BCUT2D eigenvalue weighted by Gasteiger charge is 2.16. The molecule has 0 radical (unpaired) electrons. The molecule has 1 aliphatic heterocycles. The smallest absolute Gasteiger partial charge is 0.226 e. The molecule has 2 atom stereocenters. The molecule has 0 spiro atoms. The number of halogens is 3. The molecule has 3 rings (SSSR count). The fourth-order valence-corrected chi connectivity index (χ4v) is 3.00. The number of hydrogen-bond acceptors (Lipinski definition) is 4. The minimum Gasteiger partial charge on any atom is -0.380 e. The number of carbonyl (C=O) groups is 1. The van der Waals surface area contributed by atoms with Gasteiger partial charge in [-0.25, -0.2) is 4.39 Å². The molecule has 0 aromatic heterocycles. The van der Waals surface area contributed by atoms with Gasteiger partial charge in [-0.3, -0.25) is 4.79 Å². The minimum absolute atomic E-state index is 0. The van der Waals surface area contributed by atoms with Crippen LogP contribution in [0.15, 0.2) is 48.5 Å². The number of ether oxygens (including phenoxy) is 1. The summed E-state index contributed by atoms with van der Waals surface area (Å²) in [6.45, 7) is 1.35. The zero-order valence-corrected chi connectivity index (χ0v) is 17.0. The summed E-state index contributed by atoms with van der Waals surface area (Å²) in [5.41, 5.74) is 7.75. The highest BCUT2D eigenvalue weighted by atomic mass is 35.5. The third-order valence-electron chi connectivity index (χ3n) is 4.43. The van der Waals surface area contributed by atoms with E-state index in [1.165, 1.54) is 6.07 Å². The fourth-order valence-electron chi connectivity index (χ4n) is 3.00. The van der Waals surface area contributed by atoms with E-state index < -0.39 is 11.9 Å². The van der Waals surface area contributed by atoms with Gasteiger partial charge in [0, 0.05) is 31.3 Å². The molecule has 4 N–H and O–H groups in total.